The molecule has 0 aromatic carbocycles. The number of hydrogen-bond donors (Lipinski definition) is 0. The topological polar surface area (TPSA) is 26.3 Å². The number of hydrogen-bond acceptors (Lipinski definition) is 3. The molecule has 0 heterocycles. The summed E-state index contributed by atoms with van der Waals surface area (Å²) in [6, 6.07) is 0. The summed E-state index contributed by atoms with van der Waals surface area (Å²) in [5, 5.41) is 0. The van der Waals surface area contributed by atoms with Crippen LogP contribution in [0.15, 0.2) is 0 Å². The van der Waals surface area contributed by atoms with Crippen molar-refractivity contribution in [3.63, 3.8) is 0 Å². The van der Waals surface area contributed by atoms with E-state index in [4.69, 9.17) is 4.74 Å². The van der Waals surface area contributed by atoms with E-state index in [9.17, 15) is 4.79 Å². The van der Waals surface area contributed by atoms with E-state index in [1.807, 2.05) is 18.7 Å². The van der Waals surface area contributed by atoms with Gasteiger partial charge in [-0.25, -0.2) is 0 Å². The maximum Gasteiger partial charge on any atom is 0.306 e. The van der Waals surface area contributed by atoms with Gasteiger partial charge >= 0.3 is 5.97 Å². The zero-order chi connectivity index (χ0) is 15.3. The molecular formula is C18H34O2S. The number of thioether (sulfide) groups is 1. The Morgan fingerprint density at radius 2 is 1.81 bits per heavy atom. The number of unbranched alkanes of at least 4 members (excludes halogenated alkanes) is 5. The van der Waals surface area contributed by atoms with Crippen LogP contribution in [0.4, 0.5) is 0 Å². The van der Waals surface area contributed by atoms with Gasteiger partial charge in [0.05, 0.1) is 0 Å². The van der Waals surface area contributed by atoms with Crippen molar-refractivity contribution in [3.05, 3.63) is 0 Å². The standard InChI is InChI=1S/C18H34O2S/c1-3-14-21-15-16(2)20-18(19)11-9-7-5-4-6-8-10-17-12-13-17/h16-17H,3-15H2,1-2H3. The molecule has 1 atom stereocenters. The van der Waals surface area contributed by atoms with Gasteiger partial charge < -0.3 is 4.74 Å². The Morgan fingerprint density at radius 1 is 1.14 bits per heavy atom. The average Bonchev–Trinajstić information content (AvgIpc) is 3.26. The van der Waals surface area contributed by atoms with Crippen LogP contribution in [0.5, 0.6) is 0 Å². The van der Waals surface area contributed by atoms with Gasteiger partial charge in [-0.15, -0.1) is 0 Å². The largest absolute Gasteiger partial charge is 0.462 e. The number of rotatable bonds is 14. The molecular weight excluding hydrogens is 280 g/mol. The lowest BCUT2D eigenvalue weighted by Gasteiger charge is -2.12. The van der Waals surface area contributed by atoms with Gasteiger partial charge in [0.1, 0.15) is 6.10 Å². The molecule has 1 aliphatic carbocycles. The van der Waals surface area contributed by atoms with E-state index in [1.54, 1.807) is 0 Å². The summed E-state index contributed by atoms with van der Waals surface area (Å²) < 4.78 is 5.42. The first-order valence-corrected chi connectivity index (χ1v) is 10.1. The third-order valence-electron chi connectivity index (χ3n) is 3.97. The van der Waals surface area contributed by atoms with Gasteiger partial charge in [0.25, 0.3) is 0 Å². The minimum atomic E-state index is -0.00617. The molecule has 0 spiro atoms. The molecule has 1 saturated carbocycles. The first kappa shape index (κ1) is 18.9. The summed E-state index contributed by atoms with van der Waals surface area (Å²) in [7, 11) is 0. The van der Waals surface area contributed by atoms with E-state index in [0.717, 1.165) is 23.8 Å². The molecule has 1 fully saturated rings. The highest BCUT2D eigenvalue weighted by Gasteiger charge is 2.19. The van der Waals surface area contributed by atoms with Crippen LogP contribution in [0, 0.1) is 5.92 Å². The van der Waals surface area contributed by atoms with Crippen LogP contribution >= 0.6 is 11.8 Å². The summed E-state index contributed by atoms with van der Waals surface area (Å²) in [5.41, 5.74) is 0. The lowest BCUT2D eigenvalue weighted by molar-refractivity contribution is -0.147. The quantitative estimate of drug-likeness (QED) is 0.309. The molecule has 1 aliphatic rings. The molecule has 21 heavy (non-hydrogen) atoms. The van der Waals surface area contributed by atoms with Gasteiger partial charge in [-0.2, -0.15) is 11.8 Å². The molecule has 0 saturated heterocycles. The number of ether oxygens (including phenoxy) is 1. The molecule has 1 unspecified atom stereocenters. The zero-order valence-corrected chi connectivity index (χ0v) is 14.9. The lowest BCUT2D eigenvalue weighted by atomic mass is 10.1. The fourth-order valence-corrected chi connectivity index (χ4v) is 3.38. The second-order valence-corrected chi connectivity index (χ2v) is 7.63. The predicted molar refractivity (Wildman–Crippen MR) is 92.8 cm³/mol. The number of carbonyl (C=O) groups is 1. The SMILES string of the molecule is CCCSCC(C)OC(=O)CCCCCCCCC1CC1. The summed E-state index contributed by atoms with van der Waals surface area (Å²) in [6.45, 7) is 4.18. The van der Waals surface area contributed by atoms with Gasteiger partial charge in [0.15, 0.2) is 0 Å². The summed E-state index contributed by atoms with van der Waals surface area (Å²) in [5.74, 6) is 3.16. The normalized spacial score (nSPS) is 15.9. The molecule has 1 rings (SSSR count). The Balaban J connectivity index is 1.81. The van der Waals surface area contributed by atoms with Crippen molar-refractivity contribution >= 4 is 17.7 Å². The van der Waals surface area contributed by atoms with Crippen molar-refractivity contribution in [2.45, 2.75) is 90.6 Å². The van der Waals surface area contributed by atoms with Crippen molar-refractivity contribution in [1.29, 1.82) is 0 Å². The zero-order valence-electron chi connectivity index (χ0n) is 14.1. The van der Waals surface area contributed by atoms with Crippen LogP contribution in [0.25, 0.3) is 0 Å². The van der Waals surface area contributed by atoms with E-state index in [0.29, 0.717) is 6.42 Å². The Labute approximate surface area is 135 Å². The molecule has 124 valence electrons. The van der Waals surface area contributed by atoms with Crippen molar-refractivity contribution in [2.24, 2.45) is 5.92 Å². The maximum absolute atomic E-state index is 11.7. The summed E-state index contributed by atoms with van der Waals surface area (Å²) in [6.07, 6.45) is 13.9. The monoisotopic (exact) mass is 314 g/mol. The average molecular weight is 315 g/mol. The van der Waals surface area contributed by atoms with E-state index in [2.05, 4.69) is 6.92 Å². The Hall–Kier alpha value is -0.180. The van der Waals surface area contributed by atoms with Crippen LogP contribution in [0.1, 0.15) is 84.5 Å². The minimum Gasteiger partial charge on any atom is -0.462 e. The summed E-state index contributed by atoms with van der Waals surface area (Å²) >= 11 is 1.87. The third-order valence-corrected chi connectivity index (χ3v) is 5.38. The van der Waals surface area contributed by atoms with Crippen LogP contribution in [0.3, 0.4) is 0 Å². The van der Waals surface area contributed by atoms with Crippen molar-refractivity contribution in [2.75, 3.05) is 11.5 Å². The molecule has 0 amide bonds. The molecule has 0 N–H and O–H groups in total. The summed E-state index contributed by atoms with van der Waals surface area (Å²) in [4.78, 5) is 11.7. The minimum absolute atomic E-state index is 0.00617. The number of carbonyl (C=O) groups excluding carboxylic acids is 1. The van der Waals surface area contributed by atoms with Crippen LogP contribution in [-0.2, 0) is 9.53 Å². The predicted octanol–water partition coefficient (Wildman–Crippen LogP) is 5.59. The van der Waals surface area contributed by atoms with Crippen molar-refractivity contribution in [3.8, 4) is 0 Å². The van der Waals surface area contributed by atoms with Gasteiger partial charge in [0.2, 0.25) is 0 Å². The third kappa shape index (κ3) is 12.1. The van der Waals surface area contributed by atoms with Crippen LogP contribution in [-0.4, -0.2) is 23.6 Å². The van der Waals surface area contributed by atoms with Gasteiger partial charge in [-0.1, -0.05) is 58.3 Å². The molecule has 0 aromatic heterocycles. The van der Waals surface area contributed by atoms with E-state index in [1.165, 1.54) is 57.8 Å². The molecule has 3 heteroatoms. The number of esters is 1. The highest BCUT2D eigenvalue weighted by Crippen LogP contribution is 2.34. The Morgan fingerprint density at radius 3 is 2.48 bits per heavy atom. The van der Waals surface area contributed by atoms with Gasteiger partial charge in [-0.05, 0) is 31.4 Å². The lowest BCUT2D eigenvalue weighted by Crippen LogP contribution is -2.17. The molecule has 0 aromatic rings. The maximum atomic E-state index is 11.7. The fourth-order valence-electron chi connectivity index (χ4n) is 2.53. The molecule has 0 bridgehead atoms. The molecule has 0 radical (unpaired) electrons. The molecule has 2 nitrogen and oxygen atoms in total. The van der Waals surface area contributed by atoms with Gasteiger partial charge in [-0.3, -0.25) is 4.79 Å². The first-order valence-electron chi connectivity index (χ1n) is 8.99. The van der Waals surface area contributed by atoms with Crippen LogP contribution < -0.4 is 0 Å². The van der Waals surface area contributed by atoms with Crippen molar-refractivity contribution < 1.29 is 9.53 Å². The highest BCUT2D eigenvalue weighted by atomic mass is 32.2. The van der Waals surface area contributed by atoms with Crippen molar-refractivity contribution in [1.82, 2.24) is 0 Å². The smallest absolute Gasteiger partial charge is 0.306 e. The Kier molecular flexibility index (Phi) is 11.1. The van der Waals surface area contributed by atoms with E-state index in [-0.39, 0.29) is 12.1 Å². The van der Waals surface area contributed by atoms with E-state index < -0.39 is 0 Å². The Bertz CT molecular complexity index is 264. The molecule has 0 aliphatic heterocycles. The fraction of sp³-hybridized carbons (Fsp3) is 0.944. The van der Waals surface area contributed by atoms with E-state index >= 15 is 0 Å². The van der Waals surface area contributed by atoms with Gasteiger partial charge in [0, 0.05) is 12.2 Å². The first-order chi connectivity index (χ1) is 10.2. The highest BCUT2D eigenvalue weighted by molar-refractivity contribution is 7.99. The second kappa shape index (κ2) is 12.4. The second-order valence-electron chi connectivity index (χ2n) is 6.48. The van der Waals surface area contributed by atoms with Crippen LogP contribution in [0.2, 0.25) is 0 Å².